The largest absolute Gasteiger partial charge is 0.355 e. The number of anilines is 1. The van der Waals surface area contributed by atoms with Crippen LogP contribution in [0.5, 0.6) is 0 Å². The van der Waals surface area contributed by atoms with Crippen molar-refractivity contribution in [3.8, 4) is 0 Å². The van der Waals surface area contributed by atoms with Crippen LogP contribution < -0.4 is 4.90 Å². The molecule has 110 valence electrons. The highest BCUT2D eigenvalue weighted by Gasteiger charge is 2.18. The lowest BCUT2D eigenvalue weighted by atomic mass is 10.2. The van der Waals surface area contributed by atoms with Gasteiger partial charge in [0, 0.05) is 25.7 Å². The van der Waals surface area contributed by atoms with Crippen LogP contribution in [0.4, 0.5) is 11.5 Å². The smallest absolute Gasteiger partial charge is 0.287 e. The van der Waals surface area contributed by atoms with Crippen molar-refractivity contribution in [3.05, 3.63) is 27.9 Å². The number of pyridine rings is 1. The molecule has 1 fully saturated rings. The van der Waals surface area contributed by atoms with E-state index in [9.17, 15) is 10.1 Å². The fourth-order valence-electron chi connectivity index (χ4n) is 2.71. The molecule has 6 nitrogen and oxygen atoms in total. The minimum absolute atomic E-state index is 0.0636. The van der Waals surface area contributed by atoms with Crippen molar-refractivity contribution >= 4 is 11.5 Å². The van der Waals surface area contributed by atoms with E-state index >= 15 is 0 Å². The molecule has 6 heteroatoms. The summed E-state index contributed by atoms with van der Waals surface area (Å²) < 4.78 is 0. The van der Waals surface area contributed by atoms with E-state index in [0.29, 0.717) is 0 Å². The zero-order valence-corrected chi connectivity index (χ0v) is 12.2. The molecule has 0 radical (unpaired) electrons. The number of rotatable bonds is 4. The summed E-state index contributed by atoms with van der Waals surface area (Å²) in [6.07, 6.45) is 3.64. The van der Waals surface area contributed by atoms with Gasteiger partial charge in [0.05, 0.1) is 4.92 Å². The van der Waals surface area contributed by atoms with E-state index in [1.165, 1.54) is 12.6 Å². The number of hydrogen-bond donors (Lipinski definition) is 0. The van der Waals surface area contributed by atoms with E-state index in [0.717, 1.165) is 50.5 Å². The molecule has 0 amide bonds. The average molecular weight is 278 g/mol. The Kier molecular flexibility index (Phi) is 4.89. The quantitative estimate of drug-likeness (QED) is 0.624. The number of nitro groups is 1. The van der Waals surface area contributed by atoms with Crippen LogP contribution >= 0.6 is 0 Å². The van der Waals surface area contributed by atoms with Crippen LogP contribution in [-0.4, -0.2) is 47.5 Å². The van der Waals surface area contributed by atoms with Crippen molar-refractivity contribution in [2.24, 2.45) is 0 Å². The van der Waals surface area contributed by atoms with Gasteiger partial charge in [-0.3, -0.25) is 10.1 Å². The second-order valence-electron chi connectivity index (χ2n) is 5.27. The summed E-state index contributed by atoms with van der Waals surface area (Å²) in [6, 6.07) is 1.61. The summed E-state index contributed by atoms with van der Waals surface area (Å²) in [4.78, 5) is 19.4. The van der Waals surface area contributed by atoms with Gasteiger partial charge in [0.2, 0.25) is 0 Å². The lowest BCUT2D eigenvalue weighted by Crippen LogP contribution is -2.32. The van der Waals surface area contributed by atoms with Crippen LogP contribution in [0.25, 0.3) is 0 Å². The molecule has 1 saturated heterocycles. The van der Waals surface area contributed by atoms with Gasteiger partial charge in [0.15, 0.2) is 0 Å². The molecule has 0 atom stereocenters. The highest BCUT2D eigenvalue weighted by atomic mass is 16.6. The molecule has 0 aromatic carbocycles. The summed E-state index contributed by atoms with van der Waals surface area (Å²) >= 11 is 0. The third-order valence-electron chi connectivity index (χ3n) is 3.67. The second-order valence-corrected chi connectivity index (χ2v) is 5.27. The van der Waals surface area contributed by atoms with E-state index in [1.807, 2.05) is 6.92 Å². The summed E-state index contributed by atoms with van der Waals surface area (Å²) in [5.74, 6) is 0.883. The normalized spacial score (nSPS) is 17.0. The topological polar surface area (TPSA) is 62.5 Å². The van der Waals surface area contributed by atoms with Crippen LogP contribution in [0.15, 0.2) is 12.3 Å². The van der Waals surface area contributed by atoms with Gasteiger partial charge in [-0.15, -0.1) is 0 Å². The molecular weight excluding hydrogens is 256 g/mol. The van der Waals surface area contributed by atoms with E-state index in [2.05, 4.69) is 21.7 Å². The van der Waals surface area contributed by atoms with Gasteiger partial charge in [-0.25, -0.2) is 4.98 Å². The fraction of sp³-hybridized carbons (Fsp3) is 0.643. The first kappa shape index (κ1) is 14.7. The van der Waals surface area contributed by atoms with Crippen LogP contribution in [-0.2, 0) is 0 Å². The van der Waals surface area contributed by atoms with Gasteiger partial charge in [-0.1, -0.05) is 6.92 Å². The summed E-state index contributed by atoms with van der Waals surface area (Å²) in [7, 11) is 0. The molecule has 0 N–H and O–H groups in total. The average Bonchev–Trinajstić information content (AvgIpc) is 2.65. The highest BCUT2D eigenvalue weighted by molar-refractivity contribution is 5.50. The van der Waals surface area contributed by atoms with Crippen molar-refractivity contribution in [2.75, 3.05) is 37.6 Å². The third-order valence-corrected chi connectivity index (χ3v) is 3.67. The van der Waals surface area contributed by atoms with E-state index in [-0.39, 0.29) is 5.69 Å². The number of aryl methyl sites for hydroxylation is 1. The monoisotopic (exact) mass is 278 g/mol. The zero-order chi connectivity index (χ0) is 14.5. The Bertz CT molecular complexity index is 478. The molecule has 0 spiro atoms. The molecule has 1 aromatic heterocycles. The van der Waals surface area contributed by atoms with Crippen LogP contribution in [0.1, 0.15) is 25.3 Å². The highest BCUT2D eigenvalue weighted by Crippen LogP contribution is 2.22. The van der Waals surface area contributed by atoms with Gasteiger partial charge in [0.25, 0.3) is 5.69 Å². The first-order chi connectivity index (χ1) is 9.61. The van der Waals surface area contributed by atoms with Gasteiger partial charge in [-0.05, 0) is 38.4 Å². The van der Waals surface area contributed by atoms with Crippen LogP contribution in [0, 0.1) is 17.0 Å². The number of aromatic nitrogens is 1. The van der Waals surface area contributed by atoms with E-state index < -0.39 is 4.92 Å². The number of hydrogen-bond acceptors (Lipinski definition) is 5. The fourth-order valence-corrected chi connectivity index (χ4v) is 2.71. The summed E-state index contributed by atoms with van der Waals surface area (Å²) in [5, 5.41) is 10.8. The number of nitrogens with zero attached hydrogens (tertiary/aromatic N) is 4. The molecular formula is C14H22N4O2. The van der Waals surface area contributed by atoms with Gasteiger partial charge < -0.3 is 9.80 Å². The van der Waals surface area contributed by atoms with Crippen LogP contribution in [0.2, 0.25) is 0 Å². The summed E-state index contributed by atoms with van der Waals surface area (Å²) in [6.45, 7) is 9.29. The Hall–Kier alpha value is -1.69. The first-order valence-electron chi connectivity index (χ1n) is 7.20. The SMILES string of the molecule is CCCN1CCCN(c2ncc([N+](=O)[O-])cc2C)CC1. The Morgan fingerprint density at radius 2 is 2.15 bits per heavy atom. The van der Waals surface area contributed by atoms with Gasteiger partial charge in [-0.2, -0.15) is 0 Å². The first-order valence-corrected chi connectivity index (χ1v) is 7.20. The molecule has 2 heterocycles. The van der Waals surface area contributed by atoms with Crippen LogP contribution in [0.3, 0.4) is 0 Å². The Labute approximate surface area is 119 Å². The van der Waals surface area contributed by atoms with Gasteiger partial charge in [0.1, 0.15) is 12.0 Å². The molecule has 2 rings (SSSR count). The standard InChI is InChI=1S/C14H22N4O2/c1-3-5-16-6-4-7-17(9-8-16)14-12(2)10-13(11-15-14)18(19)20/h10-11H,3-9H2,1-2H3. The summed E-state index contributed by atoms with van der Waals surface area (Å²) in [5.41, 5.74) is 0.942. The maximum absolute atomic E-state index is 10.8. The Morgan fingerprint density at radius 3 is 2.80 bits per heavy atom. The predicted molar refractivity (Wildman–Crippen MR) is 79.2 cm³/mol. The molecule has 0 unspecified atom stereocenters. The Balaban J connectivity index is 2.09. The molecule has 0 saturated carbocycles. The minimum atomic E-state index is -0.394. The van der Waals surface area contributed by atoms with Crippen molar-refractivity contribution in [1.82, 2.24) is 9.88 Å². The second kappa shape index (κ2) is 6.65. The Morgan fingerprint density at radius 1 is 1.35 bits per heavy atom. The predicted octanol–water partition coefficient (Wildman–Crippen LogP) is 2.22. The molecule has 0 bridgehead atoms. The molecule has 1 aromatic rings. The minimum Gasteiger partial charge on any atom is -0.355 e. The lowest BCUT2D eigenvalue weighted by molar-refractivity contribution is -0.385. The van der Waals surface area contributed by atoms with Crippen molar-refractivity contribution in [2.45, 2.75) is 26.7 Å². The molecule has 1 aliphatic rings. The zero-order valence-electron chi connectivity index (χ0n) is 12.2. The molecule has 0 aliphatic carbocycles. The van der Waals surface area contributed by atoms with E-state index in [1.54, 1.807) is 6.07 Å². The van der Waals surface area contributed by atoms with Gasteiger partial charge >= 0.3 is 0 Å². The third kappa shape index (κ3) is 3.45. The van der Waals surface area contributed by atoms with Crippen molar-refractivity contribution in [3.63, 3.8) is 0 Å². The maximum Gasteiger partial charge on any atom is 0.287 e. The molecule has 20 heavy (non-hydrogen) atoms. The molecule has 1 aliphatic heterocycles. The maximum atomic E-state index is 10.8. The van der Waals surface area contributed by atoms with E-state index in [4.69, 9.17) is 0 Å². The van der Waals surface area contributed by atoms with Crippen molar-refractivity contribution in [1.29, 1.82) is 0 Å². The lowest BCUT2D eigenvalue weighted by Gasteiger charge is -2.23. The van der Waals surface area contributed by atoms with Crippen molar-refractivity contribution < 1.29 is 4.92 Å².